The predicted molar refractivity (Wildman–Crippen MR) is 117 cm³/mol. The molecule has 1 saturated heterocycles. The number of ether oxygens (including phenoxy) is 1. The van der Waals surface area contributed by atoms with Crippen molar-refractivity contribution in [2.45, 2.75) is 12.2 Å². The zero-order valence-corrected chi connectivity index (χ0v) is 16.8. The molecule has 1 fully saturated rings. The van der Waals surface area contributed by atoms with E-state index in [0.717, 1.165) is 10.9 Å². The third-order valence-corrected chi connectivity index (χ3v) is 5.35. The molecule has 4 N–H and O–H groups in total. The summed E-state index contributed by atoms with van der Waals surface area (Å²) < 4.78 is 10.5. The van der Waals surface area contributed by atoms with Crippen LogP contribution in [-0.4, -0.2) is 52.4 Å². The second-order valence-corrected chi connectivity index (χ2v) is 7.37. The van der Waals surface area contributed by atoms with E-state index in [4.69, 9.17) is 15.0 Å². The fraction of sp³-hybridized carbons (Fsp3) is 0.182. The molecule has 0 saturated carbocycles. The van der Waals surface area contributed by atoms with E-state index in [9.17, 15) is 14.7 Å². The van der Waals surface area contributed by atoms with Crippen molar-refractivity contribution in [3.05, 3.63) is 54.7 Å². The fourth-order valence-electron chi connectivity index (χ4n) is 3.70. The van der Waals surface area contributed by atoms with Gasteiger partial charge in [-0.3, -0.25) is 14.6 Å². The average molecular weight is 433 g/mol. The van der Waals surface area contributed by atoms with Crippen LogP contribution in [0.3, 0.4) is 0 Å². The smallest absolute Gasteiger partial charge is 0.259 e. The van der Waals surface area contributed by atoms with Gasteiger partial charge in [0.25, 0.3) is 11.8 Å². The van der Waals surface area contributed by atoms with Gasteiger partial charge in [-0.1, -0.05) is 17.3 Å². The number of nitrogens with one attached hydrogen (secondary N) is 1. The van der Waals surface area contributed by atoms with Crippen LogP contribution in [0.4, 0.5) is 17.2 Å². The molecule has 10 heteroatoms. The first kappa shape index (κ1) is 19.9. The molecule has 2 aromatic carbocycles. The van der Waals surface area contributed by atoms with Crippen molar-refractivity contribution in [2.75, 3.05) is 29.1 Å². The molecule has 2 amide bonds. The summed E-state index contributed by atoms with van der Waals surface area (Å²) >= 11 is 0. The van der Waals surface area contributed by atoms with Gasteiger partial charge in [0, 0.05) is 35.6 Å². The van der Waals surface area contributed by atoms with Crippen molar-refractivity contribution in [3.63, 3.8) is 0 Å². The molecule has 2 atom stereocenters. The maximum atomic E-state index is 13.0. The Balaban J connectivity index is 1.33. The second-order valence-electron chi connectivity index (χ2n) is 7.37. The van der Waals surface area contributed by atoms with Crippen molar-refractivity contribution in [3.8, 4) is 0 Å². The Morgan fingerprint density at radius 1 is 1.25 bits per heavy atom. The number of carbonyl (C=O) groups excluding carboxylic acids is 2. The molecule has 4 aromatic rings. The molecular formula is C22H19N5O5. The van der Waals surface area contributed by atoms with Crippen LogP contribution < -0.4 is 16.0 Å². The molecule has 2 aromatic heterocycles. The minimum Gasteiger partial charge on any atom is -0.380 e. The standard InChI is InChI=1S/C22H19N5O5/c23-20-15-6-4-13(10-17(15)32-26-20)25-21(29)18(28)19-22(30)27(8-9-31-19)14-5-3-12-2-1-7-24-16(12)11-14/h1-7,10-11,18-19,28H,8-9H2,(H2,23,26)(H,25,29)/t18-,19-/m1/s1. The number of benzene rings is 2. The minimum atomic E-state index is -1.71. The molecule has 0 bridgehead atoms. The monoisotopic (exact) mass is 433 g/mol. The SMILES string of the molecule is Nc1noc2cc(NC(=O)[C@H](O)[C@H]3OCCN(c4ccc5cccnc5c4)C3=O)ccc12. The van der Waals surface area contributed by atoms with Crippen LogP contribution in [-0.2, 0) is 14.3 Å². The highest BCUT2D eigenvalue weighted by Crippen LogP contribution is 2.26. The van der Waals surface area contributed by atoms with Gasteiger partial charge >= 0.3 is 0 Å². The maximum Gasteiger partial charge on any atom is 0.259 e. The topological polar surface area (TPSA) is 144 Å². The van der Waals surface area contributed by atoms with Crippen molar-refractivity contribution in [2.24, 2.45) is 0 Å². The van der Waals surface area contributed by atoms with Gasteiger partial charge in [0.2, 0.25) is 0 Å². The zero-order valence-electron chi connectivity index (χ0n) is 16.8. The van der Waals surface area contributed by atoms with E-state index in [1.807, 2.05) is 18.2 Å². The molecule has 10 nitrogen and oxygen atoms in total. The molecule has 0 spiro atoms. The lowest BCUT2D eigenvalue weighted by atomic mass is 10.1. The van der Waals surface area contributed by atoms with Crippen molar-refractivity contribution in [1.82, 2.24) is 10.1 Å². The van der Waals surface area contributed by atoms with Crippen LogP contribution in [0.2, 0.25) is 0 Å². The van der Waals surface area contributed by atoms with Crippen LogP contribution >= 0.6 is 0 Å². The Morgan fingerprint density at radius 3 is 3.00 bits per heavy atom. The van der Waals surface area contributed by atoms with E-state index in [-0.39, 0.29) is 12.4 Å². The lowest BCUT2D eigenvalue weighted by Crippen LogP contribution is -2.55. The fourth-order valence-corrected chi connectivity index (χ4v) is 3.70. The van der Waals surface area contributed by atoms with Gasteiger partial charge in [0.05, 0.1) is 17.5 Å². The van der Waals surface area contributed by atoms with Crippen molar-refractivity contribution >= 4 is 50.9 Å². The number of hydrogen-bond donors (Lipinski definition) is 3. The Hall–Kier alpha value is -4.02. The number of amides is 2. The van der Waals surface area contributed by atoms with Gasteiger partial charge in [0.1, 0.15) is 0 Å². The van der Waals surface area contributed by atoms with E-state index >= 15 is 0 Å². The van der Waals surface area contributed by atoms with Crippen molar-refractivity contribution < 1.29 is 24.0 Å². The lowest BCUT2D eigenvalue weighted by Gasteiger charge is -2.34. The Labute approximate surface area is 181 Å². The number of aliphatic hydroxyl groups excluding tert-OH is 1. The molecule has 162 valence electrons. The number of nitrogens with zero attached hydrogens (tertiary/aromatic N) is 3. The molecule has 0 radical (unpaired) electrons. The normalized spacial score (nSPS) is 17.6. The maximum absolute atomic E-state index is 13.0. The summed E-state index contributed by atoms with van der Waals surface area (Å²) in [5.41, 5.74) is 7.79. The number of rotatable bonds is 4. The number of nitrogen functional groups attached to an aromatic ring is 1. The van der Waals surface area contributed by atoms with Crippen LogP contribution in [0.5, 0.6) is 0 Å². The van der Waals surface area contributed by atoms with E-state index in [0.29, 0.717) is 28.9 Å². The van der Waals surface area contributed by atoms with Gasteiger partial charge in [-0.15, -0.1) is 0 Å². The van der Waals surface area contributed by atoms with E-state index in [1.165, 1.54) is 11.0 Å². The number of morpholine rings is 1. The van der Waals surface area contributed by atoms with E-state index < -0.39 is 24.0 Å². The zero-order chi connectivity index (χ0) is 22.2. The van der Waals surface area contributed by atoms with Crippen molar-refractivity contribution in [1.29, 1.82) is 0 Å². The third kappa shape index (κ3) is 3.51. The summed E-state index contributed by atoms with van der Waals surface area (Å²) in [5.74, 6) is -1.05. The van der Waals surface area contributed by atoms with Gasteiger partial charge < -0.3 is 30.3 Å². The first-order chi connectivity index (χ1) is 15.5. The quantitative estimate of drug-likeness (QED) is 0.441. The number of fused-ring (bicyclic) bond motifs is 2. The highest BCUT2D eigenvalue weighted by atomic mass is 16.5. The van der Waals surface area contributed by atoms with Gasteiger partial charge in [0.15, 0.2) is 23.6 Å². The summed E-state index contributed by atoms with van der Waals surface area (Å²) in [6, 6.07) is 14.0. The number of nitrogens with two attached hydrogens (primary N) is 1. The highest BCUT2D eigenvalue weighted by Gasteiger charge is 2.39. The second kappa shape index (κ2) is 7.91. The van der Waals surface area contributed by atoms with Gasteiger partial charge in [-0.2, -0.15) is 0 Å². The van der Waals surface area contributed by atoms with Crippen LogP contribution in [0.15, 0.2) is 59.3 Å². The number of anilines is 3. The molecular weight excluding hydrogens is 414 g/mol. The molecule has 1 aliphatic rings. The lowest BCUT2D eigenvalue weighted by molar-refractivity contribution is -0.150. The Kier molecular flexibility index (Phi) is 4.92. The summed E-state index contributed by atoms with van der Waals surface area (Å²) in [6.45, 7) is 0.468. The van der Waals surface area contributed by atoms with Gasteiger partial charge in [-0.25, -0.2) is 0 Å². The summed E-state index contributed by atoms with van der Waals surface area (Å²) in [4.78, 5) is 31.5. The number of aromatic nitrogens is 2. The van der Waals surface area contributed by atoms with E-state index in [1.54, 1.807) is 30.5 Å². The third-order valence-electron chi connectivity index (χ3n) is 5.35. The molecule has 0 unspecified atom stereocenters. The van der Waals surface area contributed by atoms with Crippen LogP contribution in [0.25, 0.3) is 21.9 Å². The molecule has 5 rings (SSSR count). The predicted octanol–water partition coefficient (Wildman–Crippen LogP) is 1.69. The minimum absolute atomic E-state index is 0.171. The van der Waals surface area contributed by atoms with Crippen LogP contribution in [0, 0.1) is 0 Å². The average Bonchev–Trinajstić information content (AvgIpc) is 3.18. The highest BCUT2D eigenvalue weighted by molar-refractivity contribution is 6.05. The molecule has 32 heavy (non-hydrogen) atoms. The number of aliphatic hydroxyl groups is 1. The summed E-state index contributed by atoms with van der Waals surface area (Å²) in [7, 11) is 0. The Morgan fingerprint density at radius 2 is 2.12 bits per heavy atom. The summed E-state index contributed by atoms with van der Waals surface area (Å²) in [6.07, 6.45) is -1.37. The summed E-state index contributed by atoms with van der Waals surface area (Å²) in [5, 5.41) is 18.3. The van der Waals surface area contributed by atoms with Gasteiger partial charge in [-0.05, 0) is 30.3 Å². The first-order valence-corrected chi connectivity index (χ1v) is 9.93. The number of pyridine rings is 1. The van der Waals surface area contributed by atoms with Crippen LogP contribution in [0.1, 0.15) is 0 Å². The molecule has 1 aliphatic heterocycles. The van der Waals surface area contributed by atoms with E-state index in [2.05, 4.69) is 15.5 Å². The first-order valence-electron chi connectivity index (χ1n) is 9.93. The molecule has 0 aliphatic carbocycles. The number of carbonyl (C=O) groups is 2. The number of hydrogen-bond acceptors (Lipinski definition) is 8. The largest absolute Gasteiger partial charge is 0.380 e. The Bertz CT molecular complexity index is 1340. The molecule has 3 heterocycles.